The zero-order valence-corrected chi connectivity index (χ0v) is 11.8. The number of carboxylic acids is 1. The number of carboxylic acid groups (broad SMARTS) is 1. The van der Waals surface area contributed by atoms with Crippen molar-refractivity contribution in [2.24, 2.45) is 17.6 Å². The highest BCUT2D eigenvalue weighted by atomic mass is 16.4. The summed E-state index contributed by atoms with van der Waals surface area (Å²) in [5.74, 6) is -2.03. The summed E-state index contributed by atoms with van der Waals surface area (Å²) in [5, 5.41) is 13.9. The molecule has 19 heavy (non-hydrogen) atoms. The molecule has 0 aliphatic rings. The average Bonchev–Trinajstić information content (AvgIpc) is 2.30. The van der Waals surface area contributed by atoms with E-state index in [0.717, 1.165) is 0 Å². The van der Waals surface area contributed by atoms with Crippen LogP contribution in [0.1, 0.15) is 34.1 Å². The molecule has 7 nitrogen and oxygen atoms in total. The van der Waals surface area contributed by atoms with Crippen LogP contribution in [0.3, 0.4) is 0 Å². The van der Waals surface area contributed by atoms with Gasteiger partial charge in [0.05, 0.1) is 0 Å². The number of carbonyl (C=O) groups is 3. The van der Waals surface area contributed by atoms with Crippen LogP contribution in [0.15, 0.2) is 0 Å². The molecule has 3 amide bonds. The molecule has 0 saturated heterocycles. The maximum absolute atomic E-state index is 12.0. The van der Waals surface area contributed by atoms with Gasteiger partial charge in [-0.1, -0.05) is 34.1 Å². The number of hydrogen-bond donors (Lipinski definition) is 4. The predicted molar refractivity (Wildman–Crippen MR) is 70.4 cm³/mol. The van der Waals surface area contributed by atoms with Crippen LogP contribution in [-0.4, -0.2) is 35.1 Å². The normalized spacial score (nSPS) is 15.4. The van der Waals surface area contributed by atoms with E-state index in [9.17, 15) is 14.4 Å². The zero-order chi connectivity index (χ0) is 15.2. The standard InChI is InChI=1S/C12H23N3O4/c1-5-7(4)9(11(17)18)14-10(16)8(6(2)3)15-12(13)19/h6-9H,5H2,1-4H3,(H,14,16)(H,17,18)(H3,13,15,19). The number of urea groups is 1. The van der Waals surface area contributed by atoms with Gasteiger partial charge in [-0.15, -0.1) is 0 Å². The lowest BCUT2D eigenvalue weighted by molar-refractivity contribution is -0.143. The van der Waals surface area contributed by atoms with Crippen LogP contribution >= 0.6 is 0 Å². The molecule has 0 heterocycles. The number of hydrogen-bond acceptors (Lipinski definition) is 3. The van der Waals surface area contributed by atoms with E-state index in [1.54, 1.807) is 20.8 Å². The van der Waals surface area contributed by atoms with Crippen LogP contribution in [0.5, 0.6) is 0 Å². The van der Waals surface area contributed by atoms with Gasteiger partial charge in [0.15, 0.2) is 0 Å². The third-order valence-corrected chi connectivity index (χ3v) is 3.02. The maximum atomic E-state index is 12.0. The minimum Gasteiger partial charge on any atom is -0.480 e. The van der Waals surface area contributed by atoms with Gasteiger partial charge >= 0.3 is 12.0 Å². The summed E-state index contributed by atoms with van der Waals surface area (Å²) in [6.45, 7) is 7.05. The van der Waals surface area contributed by atoms with E-state index < -0.39 is 30.0 Å². The number of nitrogens with two attached hydrogens (primary N) is 1. The summed E-state index contributed by atoms with van der Waals surface area (Å²) < 4.78 is 0. The molecular weight excluding hydrogens is 250 g/mol. The van der Waals surface area contributed by atoms with Gasteiger partial charge in [0, 0.05) is 0 Å². The van der Waals surface area contributed by atoms with Crippen molar-refractivity contribution >= 4 is 17.9 Å². The first-order chi connectivity index (χ1) is 8.70. The van der Waals surface area contributed by atoms with Crippen molar-refractivity contribution in [2.45, 2.75) is 46.2 Å². The molecule has 5 N–H and O–H groups in total. The molecule has 0 saturated carbocycles. The second kappa shape index (κ2) is 7.60. The van der Waals surface area contributed by atoms with E-state index in [1.807, 2.05) is 6.92 Å². The molecule has 0 aliphatic heterocycles. The molecule has 110 valence electrons. The Hall–Kier alpha value is -1.79. The second-order valence-electron chi connectivity index (χ2n) is 4.94. The van der Waals surface area contributed by atoms with Gasteiger partial charge in [-0.05, 0) is 11.8 Å². The quantitative estimate of drug-likeness (QED) is 0.532. The molecule has 0 spiro atoms. The molecule has 0 aromatic heterocycles. The van der Waals surface area contributed by atoms with Crippen LogP contribution in [0.2, 0.25) is 0 Å². The minimum absolute atomic E-state index is 0.195. The summed E-state index contributed by atoms with van der Waals surface area (Å²) in [5.41, 5.74) is 5.00. The highest BCUT2D eigenvalue weighted by Crippen LogP contribution is 2.09. The van der Waals surface area contributed by atoms with E-state index in [1.165, 1.54) is 0 Å². The van der Waals surface area contributed by atoms with Crippen LogP contribution < -0.4 is 16.4 Å². The Labute approximate surface area is 112 Å². The molecule has 0 bridgehead atoms. The fourth-order valence-corrected chi connectivity index (χ4v) is 1.61. The zero-order valence-electron chi connectivity index (χ0n) is 11.8. The van der Waals surface area contributed by atoms with Gasteiger partial charge in [0.2, 0.25) is 5.91 Å². The number of aliphatic carboxylic acids is 1. The van der Waals surface area contributed by atoms with Gasteiger partial charge in [-0.2, -0.15) is 0 Å². The van der Waals surface area contributed by atoms with Gasteiger partial charge in [-0.3, -0.25) is 4.79 Å². The Morgan fingerprint density at radius 1 is 1.11 bits per heavy atom. The van der Waals surface area contributed by atoms with Gasteiger partial charge in [0.1, 0.15) is 12.1 Å². The number of rotatable bonds is 7. The van der Waals surface area contributed by atoms with Crippen molar-refractivity contribution in [2.75, 3.05) is 0 Å². The lowest BCUT2D eigenvalue weighted by Gasteiger charge is -2.25. The van der Waals surface area contributed by atoms with Crippen molar-refractivity contribution in [3.63, 3.8) is 0 Å². The van der Waals surface area contributed by atoms with Crippen molar-refractivity contribution in [1.29, 1.82) is 0 Å². The second-order valence-corrected chi connectivity index (χ2v) is 4.94. The van der Waals surface area contributed by atoms with E-state index in [4.69, 9.17) is 10.8 Å². The molecule has 3 unspecified atom stereocenters. The Bertz CT molecular complexity index is 344. The van der Waals surface area contributed by atoms with Gasteiger partial charge in [0.25, 0.3) is 0 Å². The molecule has 7 heteroatoms. The minimum atomic E-state index is -1.09. The van der Waals surface area contributed by atoms with Crippen LogP contribution in [0.4, 0.5) is 4.79 Å². The molecule has 0 aromatic rings. The summed E-state index contributed by atoms with van der Waals surface area (Å²) in [4.78, 5) is 34.0. The van der Waals surface area contributed by atoms with Crippen LogP contribution in [-0.2, 0) is 9.59 Å². The van der Waals surface area contributed by atoms with E-state index in [-0.39, 0.29) is 11.8 Å². The third-order valence-electron chi connectivity index (χ3n) is 3.02. The number of carbonyl (C=O) groups excluding carboxylic acids is 2. The SMILES string of the molecule is CCC(C)C(NC(=O)C(NC(N)=O)C(C)C)C(=O)O. The molecule has 0 aromatic carbocycles. The maximum Gasteiger partial charge on any atom is 0.326 e. The number of nitrogens with one attached hydrogen (secondary N) is 2. The Morgan fingerprint density at radius 3 is 1.95 bits per heavy atom. The first-order valence-electron chi connectivity index (χ1n) is 6.29. The molecule has 0 fully saturated rings. The molecular formula is C12H23N3O4. The highest BCUT2D eigenvalue weighted by Gasteiger charge is 2.30. The number of amides is 3. The van der Waals surface area contributed by atoms with E-state index in [2.05, 4.69) is 10.6 Å². The van der Waals surface area contributed by atoms with Crippen LogP contribution in [0, 0.1) is 11.8 Å². The molecule has 0 rings (SSSR count). The summed E-state index contributed by atoms with van der Waals surface area (Å²) >= 11 is 0. The first kappa shape index (κ1) is 17.2. The largest absolute Gasteiger partial charge is 0.480 e. The lowest BCUT2D eigenvalue weighted by Crippen LogP contribution is -2.56. The summed E-state index contributed by atoms with van der Waals surface area (Å²) in [7, 11) is 0. The summed E-state index contributed by atoms with van der Waals surface area (Å²) in [6, 6.07) is -2.64. The molecule has 3 atom stereocenters. The fourth-order valence-electron chi connectivity index (χ4n) is 1.61. The van der Waals surface area contributed by atoms with Crippen molar-refractivity contribution in [3.05, 3.63) is 0 Å². The predicted octanol–water partition coefficient (Wildman–Crippen LogP) is 0.295. The Morgan fingerprint density at radius 2 is 1.63 bits per heavy atom. The lowest BCUT2D eigenvalue weighted by atomic mass is 9.97. The molecule has 0 aliphatic carbocycles. The van der Waals surface area contributed by atoms with E-state index in [0.29, 0.717) is 6.42 Å². The first-order valence-corrected chi connectivity index (χ1v) is 6.29. The highest BCUT2D eigenvalue weighted by molar-refractivity contribution is 5.90. The third kappa shape index (κ3) is 5.58. The van der Waals surface area contributed by atoms with E-state index >= 15 is 0 Å². The fraction of sp³-hybridized carbons (Fsp3) is 0.750. The Balaban J connectivity index is 4.85. The van der Waals surface area contributed by atoms with Crippen molar-refractivity contribution < 1.29 is 19.5 Å². The monoisotopic (exact) mass is 273 g/mol. The van der Waals surface area contributed by atoms with Crippen molar-refractivity contribution in [3.8, 4) is 0 Å². The van der Waals surface area contributed by atoms with Gasteiger partial charge < -0.3 is 21.5 Å². The topological polar surface area (TPSA) is 122 Å². The van der Waals surface area contributed by atoms with Crippen molar-refractivity contribution in [1.82, 2.24) is 10.6 Å². The smallest absolute Gasteiger partial charge is 0.326 e. The molecule has 0 radical (unpaired) electrons. The number of primary amides is 1. The van der Waals surface area contributed by atoms with Gasteiger partial charge in [-0.25, -0.2) is 9.59 Å². The van der Waals surface area contributed by atoms with Crippen LogP contribution in [0.25, 0.3) is 0 Å². The Kier molecular flexibility index (Phi) is 6.89. The summed E-state index contributed by atoms with van der Waals surface area (Å²) in [6.07, 6.45) is 0.618. The average molecular weight is 273 g/mol.